The molecule has 0 fully saturated rings. The van der Waals surface area contributed by atoms with Crippen molar-refractivity contribution >= 4 is 39.9 Å². The summed E-state index contributed by atoms with van der Waals surface area (Å²) in [7, 11) is 0. The molecule has 2 nitrogen and oxygen atoms in total. The Labute approximate surface area is 89.1 Å². The van der Waals surface area contributed by atoms with Gasteiger partial charge >= 0.3 is 5.97 Å². The Kier molecular flexibility index (Phi) is 3.52. The minimum Gasteiger partial charge on any atom is -0.462 e. The molecule has 0 aromatic carbocycles. The normalized spacial score (nSPS) is 9.92. The van der Waals surface area contributed by atoms with Crippen LogP contribution < -0.4 is 0 Å². The van der Waals surface area contributed by atoms with Gasteiger partial charge in [-0.3, -0.25) is 0 Å². The molecule has 1 rings (SSSR count). The van der Waals surface area contributed by atoms with Crippen LogP contribution in [0.25, 0.3) is 0 Å². The van der Waals surface area contributed by atoms with E-state index in [0.717, 1.165) is 7.76 Å². The van der Waals surface area contributed by atoms with Crippen LogP contribution in [0.3, 0.4) is 0 Å². The van der Waals surface area contributed by atoms with Crippen molar-refractivity contribution in [1.29, 1.82) is 0 Å². The van der Waals surface area contributed by atoms with Gasteiger partial charge in [0.15, 0.2) is 0 Å². The van der Waals surface area contributed by atoms with E-state index < -0.39 is 0 Å². The average molecular weight is 296 g/mol. The number of aryl methyl sites for hydroxylation is 1. The largest absolute Gasteiger partial charge is 0.462 e. The smallest absolute Gasteiger partial charge is 0.339 e. The molecule has 0 unspecified atom stereocenters. The molecular formula is C8H9IO2S. The van der Waals surface area contributed by atoms with E-state index in [2.05, 4.69) is 22.6 Å². The van der Waals surface area contributed by atoms with Crippen LogP contribution in [0.5, 0.6) is 0 Å². The van der Waals surface area contributed by atoms with Crippen molar-refractivity contribution < 1.29 is 9.53 Å². The van der Waals surface area contributed by atoms with E-state index in [1.54, 1.807) is 11.3 Å². The maximum absolute atomic E-state index is 11.3. The maximum atomic E-state index is 11.3. The van der Waals surface area contributed by atoms with Gasteiger partial charge in [-0.2, -0.15) is 0 Å². The second-order valence-electron chi connectivity index (χ2n) is 2.24. The number of carbonyl (C=O) groups excluding carboxylic acids is 1. The van der Waals surface area contributed by atoms with Crippen molar-refractivity contribution in [1.82, 2.24) is 0 Å². The summed E-state index contributed by atoms with van der Waals surface area (Å²) in [6, 6.07) is 1.86. The van der Waals surface area contributed by atoms with Gasteiger partial charge in [0, 0.05) is 4.88 Å². The predicted molar refractivity (Wildman–Crippen MR) is 57.7 cm³/mol. The molecule has 1 aromatic rings. The number of esters is 1. The number of halogens is 1. The quantitative estimate of drug-likeness (QED) is 0.619. The monoisotopic (exact) mass is 296 g/mol. The molecule has 1 heterocycles. The van der Waals surface area contributed by atoms with Gasteiger partial charge in [0.1, 0.15) is 0 Å². The van der Waals surface area contributed by atoms with Gasteiger partial charge in [-0.05, 0) is 42.5 Å². The zero-order chi connectivity index (χ0) is 9.14. The first-order chi connectivity index (χ1) is 5.65. The number of hydrogen-bond acceptors (Lipinski definition) is 3. The molecule has 0 spiro atoms. The second kappa shape index (κ2) is 4.23. The lowest BCUT2D eigenvalue weighted by Crippen LogP contribution is -2.04. The number of carbonyl (C=O) groups is 1. The van der Waals surface area contributed by atoms with Crippen molar-refractivity contribution in [2.45, 2.75) is 13.8 Å². The van der Waals surface area contributed by atoms with Crippen molar-refractivity contribution in [3.8, 4) is 0 Å². The lowest BCUT2D eigenvalue weighted by Gasteiger charge is -1.98. The number of rotatable bonds is 2. The van der Waals surface area contributed by atoms with Crippen LogP contribution in [0.4, 0.5) is 0 Å². The molecule has 1 aromatic heterocycles. The van der Waals surface area contributed by atoms with Crippen LogP contribution in [-0.4, -0.2) is 12.6 Å². The van der Waals surface area contributed by atoms with Crippen LogP contribution >= 0.6 is 33.9 Å². The number of hydrogen-bond donors (Lipinski definition) is 0. The zero-order valence-electron chi connectivity index (χ0n) is 6.89. The summed E-state index contributed by atoms with van der Waals surface area (Å²) in [6.45, 7) is 4.17. The molecule has 12 heavy (non-hydrogen) atoms. The summed E-state index contributed by atoms with van der Waals surface area (Å²) in [5.74, 6) is -0.214. The van der Waals surface area contributed by atoms with E-state index in [0.29, 0.717) is 12.2 Å². The SMILES string of the molecule is CCOC(=O)c1cc(I)sc1C. The highest BCUT2D eigenvalue weighted by molar-refractivity contribution is 14.1. The Morgan fingerprint density at radius 3 is 2.83 bits per heavy atom. The van der Waals surface area contributed by atoms with Crippen molar-refractivity contribution in [2.24, 2.45) is 0 Å². The number of thiophene rings is 1. The molecule has 0 saturated heterocycles. The minimum absolute atomic E-state index is 0.214. The summed E-state index contributed by atoms with van der Waals surface area (Å²) >= 11 is 3.81. The fourth-order valence-corrected chi connectivity index (χ4v) is 2.88. The highest BCUT2D eigenvalue weighted by Crippen LogP contribution is 2.23. The zero-order valence-corrected chi connectivity index (χ0v) is 9.86. The number of ether oxygens (including phenoxy) is 1. The van der Waals surface area contributed by atoms with E-state index in [-0.39, 0.29) is 5.97 Å². The lowest BCUT2D eigenvalue weighted by atomic mass is 10.3. The lowest BCUT2D eigenvalue weighted by molar-refractivity contribution is 0.0526. The minimum atomic E-state index is -0.214. The maximum Gasteiger partial charge on any atom is 0.339 e. The van der Waals surface area contributed by atoms with Gasteiger partial charge in [0.2, 0.25) is 0 Å². The summed E-state index contributed by atoms with van der Waals surface area (Å²) in [5.41, 5.74) is 0.700. The van der Waals surface area contributed by atoms with Crippen molar-refractivity contribution in [3.05, 3.63) is 19.4 Å². The molecule has 66 valence electrons. The molecule has 0 saturated carbocycles. The van der Waals surface area contributed by atoms with Gasteiger partial charge in [-0.1, -0.05) is 0 Å². The van der Waals surface area contributed by atoms with Crippen LogP contribution in [0.1, 0.15) is 22.2 Å². The van der Waals surface area contributed by atoms with E-state index in [1.165, 1.54) is 0 Å². The molecule has 0 radical (unpaired) electrons. The average Bonchev–Trinajstić information content (AvgIpc) is 2.30. The molecule has 0 amide bonds. The van der Waals surface area contributed by atoms with E-state index >= 15 is 0 Å². The summed E-state index contributed by atoms with van der Waals surface area (Å²) in [5, 5.41) is 0. The van der Waals surface area contributed by atoms with Gasteiger partial charge in [0.25, 0.3) is 0 Å². The Hall–Kier alpha value is -0.100. The molecule has 0 N–H and O–H groups in total. The van der Waals surface area contributed by atoms with Gasteiger partial charge in [0.05, 0.1) is 15.1 Å². The summed E-state index contributed by atoms with van der Waals surface area (Å²) in [6.07, 6.45) is 0. The molecule has 0 aliphatic carbocycles. The van der Waals surface area contributed by atoms with Gasteiger partial charge in [-0.15, -0.1) is 11.3 Å². The van der Waals surface area contributed by atoms with Crippen LogP contribution in [0.2, 0.25) is 0 Å². The Bertz CT molecular complexity index is 293. The highest BCUT2D eigenvalue weighted by Gasteiger charge is 2.12. The molecular weight excluding hydrogens is 287 g/mol. The Morgan fingerprint density at radius 2 is 2.42 bits per heavy atom. The predicted octanol–water partition coefficient (Wildman–Crippen LogP) is 2.84. The summed E-state index contributed by atoms with van der Waals surface area (Å²) in [4.78, 5) is 12.3. The first-order valence-corrected chi connectivity index (χ1v) is 5.47. The topological polar surface area (TPSA) is 26.3 Å². The molecule has 0 aliphatic heterocycles. The first-order valence-electron chi connectivity index (χ1n) is 3.58. The van der Waals surface area contributed by atoms with Gasteiger partial charge < -0.3 is 4.74 Å². The first kappa shape index (κ1) is 9.98. The third kappa shape index (κ3) is 2.20. The third-order valence-corrected chi connectivity index (χ3v) is 3.19. The highest BCUT2D eigenvalue weighted by atomic mass is 127. The van der Waals surface area contributed by atoms with E-state index in [1.807, 2.05) is 19.9 Å². The van der Waals surface area contributed by atoms with Crippen LogP contribution in [0, 0.1) is 9.81 Å². The van der Waals surface area contributed by atoms with Crippen molar-refractivity contribution in [3.63, 3.8) is 0 Å². The molecule has 0 bridgehead atoms. The molecule has 4 heteroatoms. The van der Waals surface area contributed by atoms with E-state index in [4.69, 9.17) is 4.74 Å². The van der Waals surface area contributed by atoms with Crippen LogP contribution in [0.15, 0.2) is 6.07 Å². The standard InChI is InChI=1S/C8H9IO2S/c1-3-11-8(10)6-4-7(9)12-5(6)2/h4H,3H2,1-2H3. The summed E-state index contributed by atoms with van der Waals surface area (Å²) < 4.78 is 6.01. The van der Waals surface area contributed by atoms with E-state index in [9.17, 15) is 4.79 Å². The van der Waals surface area contributed by atoms with Crippen molar-refractivity contribution in [2.75, 3.05) is 6.61 Å². The fraction of sp³-hybridized carbons (Fsp3) is 0.375. The molecule has 0 atom stereocenters. The van der Waals surface area contributed by atoms with Gasteiger partial charge in [-0.25, -0.2) is 4.79 Å². The second-order valence-corrected chi connectivity index (χ2v) is 5.39. The fourth-order valence-electron chi connectivity index (χ4n) is 0.857. The van der Waals surface area contributed by atoms with Crippen LogP contribution in [-0.2, 0) is 4.74 Å². The Morgan fingerprint density at radius 1 is 1.75 bits per heavy atom. The molecule has 0 aliphatic rings. The third-order valence-electron chi connectivity index (χ3n) is 1.38. The Balaban J connectivity index is 2.87.